The van der Waals surface area contributed by atoms with E-state index in [0.29, 0.717) is 0 Å². The van der Waals surface area contributed by atoms with Gasteiger partial charge < -0.3 is 5.11 Å². The normalized spacial score (nSPS) is 8.45. The van der Waals surface area contributed by atoms with Crippen molar-refractivity contribution in [3.63, 3.8) is 0 Å². The number of carboxylic acids is 1. The molecule has 4 heteroatoms. The molecule has 0 saturated heterocycles. The van der Waals surface area contributed by atoms with E-state index >= 15 is 0 Å². The smallest absolute Gasteiger partial charge is 0.337 e. The molecule has 55 valence electrons. The summed E-state index contributed by atoms with van der Waals surface area (Å²) >= 11 is 5.54. The van der Waals surface area contributed by atoms with Crippen LogP contribution in [0.5, 0.6) is 0 Å². The van der Waals surface area contributed by atoms with Crippen molar-refractivity contribution in [1.82, 2.24) is 0 Å². The minimum Gasteiger partial charge on any atom is -0.478 e. The maximum absolute atomic E-state index is 10.3. The fraction of sp³-hybridized carbons (Fsp3) is 0. The number of carboxylic acid groups (broad SMARTS) is 1. The maximum Gasteiger partial charge on any atom is 0.337 e. The molecule has 1 N–H and O–H groups in total. The van der Waals surface area contributed by atoms with Crippen molar-refractivity contribution in [2.24, 2.45) is 0 Å². The number of benzene rings is 1. The molecule has 0 aliphatic carbocycles. The quantitative estimate of drug-likeness (QED) is 0.773. The Morgan fingerprint density at radius 2 is 1.91 bits per heavy atom. The Balaban J connectivity index is 0.000001000. The average Bonchev–Trinajstić information content (AvgIpc) is 1.88. The Kier molecular flexibility index (Phi) is 4.67. The third-order valence-electron chi connectivity index (χ3n) is 1.10. The summed E-state index contributed by atoms with van der Waals surface area (Å²) < 4.78 is 0. The van der Waals surface area contributed by atoms with Gasteiger partial charge in [-0.1, -0.05) is 23.7 Å². The summed E-state index contributed by atoms with van der Waals surface area (Å²) in [5, 5.41) is 8.75. The van der Waals surface area contributed by atoms with Gasteiger partial charge >= 0.3 is 5.97 Å². The van der Waals surface area contributed by atoms with E-state index in [0.717, 1.165) is 0 Å². The van der Waals surface area contributed by atoms with Crippen LogP contribution in [0.25, 0.3) is 0 Å². The van der Waals surface area contributed by atoms with Crippen LogP contribution < -0.4 is 0 Å². The van der Waals surface area contributed by atoms with Gasteiger partial charge in [-0.25, -0.2) is 4.79 Å². The molecule has 0 atom stereocenters. The van der Waals surface area contributed by atoms with E-state index in [1.807, 2.05) is 0 Å². The zero-order chi connectivity index (χ0) is 7.56. The van der Waals surface area contributed by atoms with Crippen molar-refractivity contribution in [3.8, 4) is 0 Å². The van der Waals surface area contributed by atoms with Crippen LogP contribution in [0.3, 0.4) is 0 Å². The first-order valence-corrected chi connectivity index (χ1v) is 3.07. The van der Waals surface area contributed by atoms with Gasteiger partial charge in [-0.2, -0.15) is 0 Å². The number of aromatic carboxylic acids is 1. The summed E-state index contributed by atoms with van der Waals surface area (Å²) in [6.07, 6.45) is 0. The molecular weight excluding hydrogens is 356 g/mol. The van der Waals surface area contributed by atoms with Crippen LogP contribution >= 0.6 is 11.6 Å². The van der Waals surface area contributed by atoms with Crippen molar-refractivity contribution in [2.75, 3.05) is 0 Å². The third-order valence-corrected chi connectivity index (χ3v) is 1.43. The molecule has 0 spiro atoms. The molecule has 0 bridgehead atoms. The topological polar surface area (TPSA) is 37.3 Å². The summed E-state index contributed by atoms with van der Waals surface area (Å²) in [7, 11) is 0. The van der Waals surface area contributed by atoms with Crippen molar-refractivity contribution < 1.29 is 9.90 Å². The zero-order valence-corrected chi connectivity index (χ0v) is 10.9. The van der Waals surface area contributed by atoms with E-state index in [1.54, 1.807) is 18.2 Å². The van der Waals surface area contributed by atoms with Crippen LogP contribution in [-0.4, -0.2) is 38.4 Å². The molecule has 0 heterocycles. The molecule has 1 aromatic rings. The molecule has 11 heavy (non-hydrogen) atoms. The van der Waals surface area contributed by atoms with Gasteiger partial charge in [-0.05, 0) is 12.1 Å². The standard InChI is InChI=1S/C7H5ClO2.Tl/c8-6-4-2-1-3-5(6)7(9)10;/h1-4H,(H,9,10);. The second-order valence-corrected chi connectivity index (χ2v) is 2.19. The van der Waals surface area contributed by atoms with Gasteiger partial charge in [0.15, 0.2) is 0 Å². The van der Waals surface area contributed by atoms with Crippen LogP contribution in [0.2, 0.25) is 5.02 Å². The van der Waals surface area contributed by atoms with Gasteiger partial charge in [0.05, 0.1) is 10.6 Å². The predicted octanol–water partition coefficient (Wildman–Crippen LogP) is 1.66. The van der Waals surface area contributed by atoms with Gasteiger partial charge in [0.2, 0.25) is 0 Å². The summed E-state index contributed by atoms with van der Waals surface area (Å²) in [6, 6.07) is 6.33. The van der Waals surface area contributed by atoms with Gasteiger partial charge in [0.25, 0.3) is 0 Å². The summed E-state index contributed by atoms with van der Waals surface area (Å²) in [6.45, 7) is 0. The van der Waals surface area contributed by atoms with E-state index in [4.69, 9.17) is 16.7 Å². The number of hydrogen-bond donors (Lipinski definition) is 1. The molecule has 1 aromatic carbocycles. The first-order chi connectivity index (χ1) is 4.72. The number of hydrogen-bond acceptors (Lipinski definition) is 1. The van der Waals surface area contributed by atoms with E-state index in [2.05, 4.69) is 0 Å². The van der Waals surface area contributed by atoms with Gasteiger partial charge in [0.1, 0.15) is 0 Å². The van der Waals surface area contributed by atoms with Crippen molar-refractivity contribution in [2.45, 2.75) is 0 Å². The van der Waals surface area contributed by atoms with Crippen molar-refractivity contribution >= 4 is 44.9 Å². The first kappa shape index (κ1) is 10.9. The predicted molar refractivity (Wildman–Crippen MR) is 44.2 cm³/mol. The molecule has 0 saturated carbocycles. The summed E-state index contributed by atoms with van der Waals surface area (Å²) in [4.78, 5) is 10.3. The molecule has 0 aliphatic rings. The van der Waals surface area contributed by atoms with Crippen molar-refractivity contribution in [3.05, 3.63) is 34.9 Å². The summed E-state index contributed by atoms with van der Waals surface area (Å²) in [5.74, 6) is -0.995. The molecular formula is C7H5ClO2Tl. The second kappa shape index (κ2) is 4.71. The van der Waals surface area contributed by atoms with E-state index in [9.17, 15) is 4.79 Å². The van der Waals surface area contributed by atoms with Gasteiger partial charge in [-0.15, -0.1) is 0 Å². The molecule has 0 aromatic heterocycles. The largest absolute Gasteiger partial charge is 0.478 e. The molecule has 2 nitrogen and oxygen atoms in total. The van der Waals surface area contributed by atoms with Crippen LogP contribution in [0.1, 0.15) is 10.4 Å². The summed E-state index contributed by atoms with van der Waals surface area (Å²) in [5.41, 5.74) is 0.143. The fourth-order valence-corrected chi connectivity index (χ4v) is 0.851. The zero-order valence-electron chi connectivity index (χ0n) is 5.62. The molecule has 0 amide bonds. The number of carbonyl (C=O) groups is 1. The fourth-order valence-electron chi connectivity index (χ4n) is 0.635. The van der Waals surface area contributed by atoms with Crippen LogP contribution in [0.15, 0.2) is 24.3 Å². The average molecular weight is 361 g/mol. The van der Waals surface area contributed by atoms with Crippen LogP contribution in [-0.2, 0) is 0 Å². The molecule has 0 aliphatic heterocycles. The number of halogens is 1. The van der Waals surface area contributed by atoms with E-state index in [-0.39, 0.29) is 37.9 Å². The Morgan fingerprint density at radius 1 is 1.36 bits per heavy atom. The third kappa shape index (κ3) is 2.78. The van der Waals surface area contributed by atoms with Crippen molar-refractivity contribution in [1.29, 1.82) is 0 Å². The monoisotopic (exact) mass is 361 g/mol. The minimum atomic E-state index is -0.995. The van der Waals surface area contributed by atoms with E-state index < -0.39 is 5.97 Å². The second-order valence-electron chi connectivity index (χ2n) is 1.78. The Hall–Kier alpha value is -0.0979. The SMILES string of the molecule is O=C(O)c1ccccc1Cl.[Tl]. The molecule has 1 rings (SSSR count). The molecule has 0 fully saturated rings. The van der Waals surface area contributed by atoms with Gasteiger partial charge in [-0.3, -0.25) is 0 Å². The minimum absolute atomic E-state index is 0. The Morgan fingerprint density at radius 3 is 2.27 bits per heavy atom. The van der Waals surface area contributed by atoms with Crippen LogP contribution in [0, 0.1) is 0 Å². The molecule has 0 unspecified atom stereocenters. The van der Waals surface area contributed by atoms with E-state index in [1.165, 1.54) is 6.07 Å². The van der Waals surface area contributed by atoms with Crippen LogP contribution in [0.4, 0.5) is 0 Å². The first-order valence-electron chi connectivity index (χ1n) is 2.69. The number of rotatable bonds is 1. The maximum atomic E-state index is 10.3. The molecule has 1 radical (unpaired) electrons. The Labute approximate surface area is 89.3 Å². The Bertz CT molecular complexity index is 262. The van der Waals surface area contributed by atoms with Gasteiger partial charge in [0, 0.05) is 27.3 Å².